The van der Waals surface area contributed by atoms with Gasteiger partial charge in [-0.15, -0.1) is 0 Å². The maximum atomic E-state index is 10.8. The van der Waals surface area contributed by atoms with Crippen LogP contribution in [0.2, 0.25) is 0 Å². The van der Waals surface area contributed by atoms with Gasteiger partial charge in [0.1, 0.15) is 0 Å². The predicted octanol–water partition coefficient (Wildman–Crippen LogP) is 3.31. The molecule has 0 saturated heterocycles. The summed E-state index contributed by atoms with van der Waals surface area (Å²) in [6, 6.07) is 0. The first-order chi connectivity index (χ1) is 6.65. The summed E-state index contributed by atoms with van der Waals surface area (Å²) in [7, 11) is 0. The van der Waals surface area contributed by atoms with Gasteiger partial charge in [0.05, 0.1) is 5.92 Å². The molecule has 0 amide bonds. The number of aliphatic carboxylic acids is 1. The van der Waals surface area contributed by atoms with Gasteiger partial charge in [-0.3, -0.25) is 4.79 Å². The zero-order chi connectivity index (χ0) is 10.6. The molecule has 14 heavy (non-hydrogen) atoms. The van der Waals surface area contributed by atoms with Crippen molar-refractivity contribution in [1.29, 1.82) is 0 Å². The molecular formula is C12H22O2. The normalized spacial score (nSPS) is 29.9. The van der Waals surface area contributed by atoms with E-state index >= 15 is 0 Å². The van der Waals surface area contributed by atoms with Crippen LogP contribution in [-0.2, 0) is 4.79 Å². The van der Waals surface area contributed by atoms with E-state index in [4.69, 9.17) is 5.11 Å². The summed E-state index contributed by atoms with van der Waals surface area (Å²) in [5.74, 6) is 0.541. The third-order valence-corrected chi connectivity index (χ3v) is 3.68. The molecule has 0 aromatic heterocycles. The highest BCUT2D eigenvalue weighted by atomic mass is 16.4. The van der Waals surface area contributed by atoms with Crippen LogP contribution < -0.4 is 0 Å². The van der Waals surface area contributed by atoms with Gasteiger partial charge in [-0.25, -0.2) is 0 Å². The van der Waals surface area contributed by atoms with Gasteiger partial charge in [0.15, 0.2) is 0 Å². The minimum absolute atomic E-state index is 0.141. The first-order valence-electron chi connectivity index (χ1n) is 5.88. The quantitative estimate of drug-likeness (QED) is 0.752. The van der Waals surface area contributed by atoms with Gasteiger partial charge in [-0.2, -0.15) is 0 Å². The summed E-state index contributed by atoms with van der Waals surface area (Å²) in [6.07, 6.45) is 7.33. The summed E-state index contributed by atoms with van der Waals surface area (Å²) in [5, 5.41) is 8.90. The van der Waals surface area contributed by atoms with E-state index in [1.165, 1.54) is 25.7 Å². The molecule has 1 aliphatic rings. The molecule has 1 fully saturated rings. The Morgan fingerprint density at radius 1 is 1.36 bits per heavy atom. The van der Waals surface area contributed by atoms with Gasteiger partial charge in [0, 0.05) is 0 Å². The number of carboxylic acid groups (broad SMARTS) is 1. The summed E-state index contributed by atoms with van der Waals surface area (Å²) in [6.45, 7) is 4.08. The van der Waals surface area contributed by atoms with Crippen molar-refractivity contribution in [1.82, 2.24) is 0 Å². The van der Waals surface area contributed by atoms with Crippen LogP contribution in [0.3, 0.4) is 0 Å². The van der Waals surface area contributed by atoms with E-state index in [-0.39, 0.29) is 5.92 Å². The Bertz CT molecular complexity index is 181. The van der Waals surface area contributed by atoms with E-state index in [2.05, 4.69) is 6.92 Å². The first-order valence-corrected chi connectivity index (χ1v) is 5.88. The summed E-state index contributed by atoms with van der Waals surface area (Å²) < 4.78 is 0. The van der Waals surface area contributed by atoms with E-state index in [0.717, 1.165) is 18.8 Å². The van der Waals surface area contributed by atoms with Gasteiger partial charge < -0.3 is 5.11 Å². The Balaban J connectivity index is 2.31. The first kappa shape index (κ1) is 11.5. The molecule has 82 valence electrons. The smallest absolute Gasteiger partial charge is 0.306 e. The molecule has 0 aromatic rings. The Morgan fingerprint density at radius 2 is 1.93 bits per heavy atom. The number of hydrogen-bond acceptors (Lipinski definition) is 1. The van der Waals surface area contributed by atoms with E-state index in [1.807, 2.05) is 6.92 Å². The van der Waals surface area contributed by atoms with Crippen molar-refractivity contribution in [2.75, 3.05) is 0 Å². The second-order valence-electron chi connectivity index (χ2n) is 4.70. The standard InChI is InChI=1S/C12H22O2/c1-3-4-10-5-7-11(8-6-10)9(2)12(13)14/h9-11H,3-8H2,1-2H3,(H,13,14). The lowest BCUT2D eigenvalue weighted by atomic mass is 9.75. The molecule has 1 N–H and O–H groups in total. The third-order valence-electron chi connectivity index (χ3n) is 3.68. The highest BCUT2D eigenvalue weighted by Crippen LogP contribution is 2.35. The number of rotatable bonds is 4. The van der Waals surface area contributed by atoms with E-state index < -0.39 is 5.97 Å². The molecule has 1 aliphatic carbocycles. The van der Waals surface area contributed by atoms with E-state index in [0.29, 0.717) is 5.92 Å². The molecule has 1 saturated carbocycles. The molecule has 1 atom stereocenters. The molecule has 0 heterocycles. The number of carbonyl (C=O) groups is 1. The minimum Gasteiger partial charge on any atom is -0.481 e. The summed E-state index contributed by atoms with van der Waals surface area (Å²) >= 11 is 0. The van der Waals surface area contributed by atoms with Crippen LogP contribution in [0.1, 0.15) is 52.4 Å². The lowest BCUT2D eigenvalue weighted by Gasteiger charge is -2.30. The molecule has 0 bridgehead atoms. The van der Waals surface area contributed by atoms with Gasteiger partial charge in [-0.05, 0) is 24.7 Å². The van der Waals surface area contributed by atoms with Crippen molar-refractivity contribution in [2.24, 2.45) is 17.8 Å². The largest absolute Gasteiger partial charge is 0.481 e. The number of hydrogen-bond donors (Lipinski definition) is 1. The van der Waals surface area contributed by atoms with E-state index in [1.54, 1.807) is 0 Å². The average molecular weight is 198 g/mol. The highest BCUT2D eigenvalue weighted by Gasteiger charge is 2.28. The molecule has 1 rings (SSSR count). The molecule has 0 aromatic carbocycles. The Hall–Kier alpha value is -0.530. The molecule has 0 radical (unpaired) electrons. The van der Waals surface area contributed by atoms with Crippen molar-refractivity contribution >= 4 is 5.97 Å². The van der Waals surface area contributed by atoms with Crippen LogP contribution in [0.15, 0.2) is 0 Å². The maximum absolute atomic E-state index is 10.8. The van der Waals surface area contributed by atoms with Crippen molar-refractivity contribution in [2.45, 2.75) is 52.4 Å². The monoisotopic (exact) mass is 198 g/mol. The van der Waals surface area contributed by atoms with Crippen LogP contribution in [0.25, 0.3) is 0 Å². The fourth-order valence-corrected chi connectivity index (χ4v) is 2.59. The Labute approximate surface area is 86.7 Å². The zero-order valence-corrected chi connectivity index (χ0v) is 9.33. The summed E-state index contributed by atoms with van der Waals surface area (Å²) in [4.78, 5) is 10.8. The average Bonchev–Trinajstić information content (AvgIpc) is 2.18. The fourth-order valence-electron chi connectivity index (χ4n) is 2.59. The molecule has 0 aliphatic heterocycles. The van der Waals surface area contributed by atoms with Gasteiger partial charge >= 0.3 is 5.97 Å². The van der Waals surface area contributed by atoms with Crippen molar-refractivity contribution < 1.29 is 9.90 Å². The second kappa shape index (κ2) is 5.38. The van der Waals surface area contributed by atoms with E-state index in [9.17, 15) is 4.79 Å². The predicted molar refractivity (Wildman–Crippen MR) is 57.2 cm³/mol. The second-order valence-corrected chi connectivity index (χ2v) is 4.70. The maximum Gasteiger partial charge on any atom is 0.306 e. The topological polar surface area (TPSA) is 37.3 Å². The van der Waals surface area contributed by atoms with Crippen molar-refractivity contribution in [3.63, 3.8) is 0 Å². The Kier molecular flexibility index (Phi) is 4.43. The van der Waals surface area contributed by atoms with Gasteiger partial charge in [0.25, 0.3) is 0 Å². The van der Waals surface area contributed by atoms with Crippen LogP contribution in [-0.4, -0.2) is 11.1 Å². The molecule has 1 unspecified atom stereocenters. The van der Waals surface area contributed by atoms with Crippen LogP contribution >= 0.6 is 0 Å². The van der Waals surface area contributed by atoms with Crippen LogP contribution in [0.5, 0.6) is 0 Å². The van der Waals surface area contributed by atoms with Crippen molar-refractivity contribution in [3.05, 3.63) is 0 Å². The third kappa shape index (κ3) is 3.00. The van der Waals surface area contributed by atoms with Crippen LogP contribution in [0.4, 0.5) is 0 Å². The Morgan fingerprint density at radius 3 is 2.36 bits per heavy atom. The highest BCUT2D eigenvalue weighted by molar-refractivity contribution is 5.69. The van der Waals surface area contributed by atoms with Gasteiger partial charge in [-0.1, -0.05) is 39.5 Å². The summed E-state index contributed by atoms with van der Waals surface area (Å²) in [5.41, 5.74) is 0. The zero-order valence-electron chi connectivity index (χ0n) is 9.33. The number of carboxylic acids is 1. The SMILES string of the molecule is CCCC1CCC(C(C)C(=O)O)CC1. The molecule has 2 nitrogen and oxygen atoms in total. The lowest BCUT2D eigenvalue weighted by Crippen LogP contribution is -2.25. The molecular weight excluding hydrogens is 176 g/mol. The van der Waals surface area contributed by atoms with Crippen LogP contribution in [0, 0.1) is 17.8 Å². The molecule has 0 spiro atoms. The lowest BCUT2D eigenvalue weighted by molar-refractivity contribution is -0.143. The minimum atomic E-state index is -0.621. The molecule has 2 heteroatoms. The van der Waals surface area contributed by atoms with Crippen molar-refractivity contribution in [3.8, 4) is 0 Å². The fraction of sp³-hybridized carbons (Fsp3) is 0.917. The van der Waals surface area contributed by atoms with Gasteiger partial charge in [0.2, 0.25) is 0 Å².